The van der Waals surface area contributed by atoms with Crippen molar-refractivity contribution in [1.29, 1.82) is 0 Å². The van der Waals surface area contributed by atoms with Crippen LogP contribution < -0.4 is 5.73 Å². The summed E-state index contributed by atoms with van der Waals surface area (Å²) in [6.07, 6.45) is 6.92. The summed E-state index contributed by atoms with van der Waals surface area (Å²) in [7, 11) is 0. The van der Waals surface area contributed by atoms with Crippen LogP contribution in [0.5, 0.6) is 0 Å². The molecule has 120 valence electrons. The van der Waals surface area contributed by atoms with Gasteiger partial charge in [-0.1, -0.05) is 13.3 Å². The second kappa shape index (κ2) is 6.25. The monoisotopic (exact) mass is 293 g/mol. The molecule has 1 saturated carbocycles. The summed E-state index contributed by atoms with van der Waals surface area (Å²) in [4.78, 5) is 17.8. The lowest BCUT2D eigenvalue weighted by Gasteiger charge is -2.49. The molecule has 0 aromatic carbocycles. The summed E-state index contributed by atoms with van der Waals surface area (Å²) >= 11 is 0. The molecule has 0 bridgehead atoms. The molecule has 3 fully saturated rings. The van der Waals surface area contributed by atoms with Crippen LogP contribution in [0.4, 0.5) is 0 Å². The SMILES string of the molecule is CC1CC(N)CCC1C(=O)N1CC2CCCCN2CC1C. The van der Waals surface area contributed by atoms with Gasteiger partial charge in [0, 0.05) is 37.1 Å². The maximum atomic E-state index is 13.0. The van der Waals surface area contributed by atoms with E-state index < -0.39 is 0 Å². The van der Waals surface area contributed by atoms with Crippen molar-refractivity contribution in [3.8, 4) is 0 Å². The normalized spacial score (nSPS) is 41.7. The van der Waals surface area contributed by atoms with Crippen LogP contribution in [0.3, 0.4) is 0 Å². The van der Waals surface area contributed by atoms with Crippen LogP contribution in [0, 0.1) is 11.8 Å². The number of rotatable bonds is 1. The van der Waals surface area contributed by atoms with Crippen LogP contribution in [0.15, 0.2) is 0 Å². The van der Waals surface area contributed by atoms with Crippen molar-refractivity contribution in [3.05, 3.63) is 0 Å². The van der Waals surface area contributed by atoms with Gasteiger partial charge in [0.1, 0.15) is 0 Å². The van der Waals surface area contributed by atoms with Gasteiger partial charge in [0.15, 0.2) is 0 Å². The van der Waals surface area contributed by atoms with Crippen molar-refractivity contribution >= 4 is 5.91 Å². The Hall–Kier alpha value is -0.610. The van der Waals surface area contributed by atoms with E-state index in [1.165, 1.54) is 25.8 Å². The molecule has 0 spiro atoms. The highest BCUT2D eigenvalue weighted by Gasteiger charge is 2.40. The predicted octanol–water partition coefficient (Wildman–Crippen LogP) is 1.84. The molecular weight excluding hydrogens is 262 g/mol. The van der Waals surface area contributed by atoms with Crippen molar-refractivity contribution in [2.24, 2.45) is 17.6 Å². The molecule has 1 aliphatic carbocycles. The second-order valence-corrected chi connectivity index (χ2v) is 7.64. The van der Waals surface area contributed by atoms with E-state index in [2.05, 4.69) is 23.6 Å². The molecule has 2 saturated heterocycles. The fourth-order valence-electron chi connectivity index (χ4n) is 4.68. The highest BCUT2D eigenvalue weighted by molar-refractivity contribution is 5.79. The first-order chi connectivity index (χ1) is 10.1. The number of hydrogen-bond acceptors (Lipinski definition) is 3. The smallest absolute Gasteiger partial charge is 0.226 e. The van der Waals surface area contributed by atoms with Gasteiger partial charge in [-0.05, 0) is 51.5 Å². The Balaban J connectivity index is 1.66. The molecule has 4 nitrogen and oxygen atoms in total. The highest BCUT2D eigenvalue weighted by Crippen LogP contribution is 2.33. The van der Waals surface area contributed by atoms with Gasteiger partial charge in [-0.2, -0.15) is 0 Å². The van der Waals surface area contributed by atoms with Gasteiger partial charge < -0.3 is 10.6 Å². The van der Waals surface area contributed by atoms with Crippen LogP contribution in [0.25, 0.3) is 0 Å². The summed E-state index contributed by atoms with van der Waals surface area (Å²) in [6, 6.07) is 1.28. The third-order valence-electron chi connectivity index (χ3n) is 6.00. The van der Waals surface area contributed by atoms with Crippen LogP contribution in [0.1, 0.15) is 52.4 Å². The average molecular weight is 293 g/mol. The molecule has 0 aromatic heterocycles. The van der Waals surface area contributed by atoms with Crippen molar-refractivity contribution in [3.63, 3.8) is 0 Å². The molecule has 4 heteroatoms. The molecule has 21 heavy (non-hydrogen) atoms. The van der Waals surface area contributed by atoms with E-state index in [4.69, 9.17) is 5.73 Å². The molecule has 0 radical (unpaired) electrons. The number of hydrogen-bond donors (Lipinski definition) is 1. The summed E-state index contributed by atoms with van der Waals surface area (Å²) in [5.41, 5.74) is 6.05. The van der Waals surface area contributed by atoms with Gasteiger partial charge in [-0.3, -0.25) is 9.69 Å². The third-order valence-corrected chi connectivity index (χ3v) is 6.00. The molecular formula is C17H31N3O. The molecule has 5 unspecified atom stereocenters. The fraction of sp³-hybridized carbons (Fsp3) is 0.941. The Morgan fingerprint density at radius 3 is 2.67 bits per heavy atom. The lowest BCUT2D eigenvalue weighted by atomic mass is 9.77. The van der Waals surface area contributed by atoms with Gasteiger partial charge >= 0.3 is 0 Å². The summed E-state index contributed by atoms with van der Waals surface area (Å²) < 4.78 is 0. The number of nitrogens with zero attached hydrogens (tertiary/aromatic N) is 2. The average Bonchev–Trinajstić information content (AvgIpc) is 2.46. The molecule has 2 aliphatic heterocycles. The maximum absolute atomic E-state index is 13.0. The Morgan fingerprint density at radius 1 is 1.10 bits per heavy atom. The standard InChI is InChI=1S/C17H31N3O/c1-12-9-14(18)6-7-16(12)17(21)20-11-15-5-3-4-8-19(15)10-13(20)2/h12-16H,3-11,18H2,1-2H3. The van der Waals surface area contributed by atoms with Gasteiger partial charge in [0.05, 0.1) is 0 Å². The second-order valence-electron chi connectivity index (χ2n) is 7.64. The quantitative estimate of drug-likeness (QED) is 0.802. The Morgan fingerprint density at radius 2 is 1.90 bits per heavy atom. The third kappa shape index (κ3) is 3.11. The Kier molecular flexibility index (Phi) is 4.55. The van der Waals surface area contributed by atoms with Crippen LogP contribution in [-0.4, -0.2) is 53.5 Å². The Labute approximate surface area is 129 Å². The topological polar surface area (TPSA) is 49.6 Å². The first kappa shape index (κ1) is 15.3. The fourth-order valence-corrected chi connectivity index (χ4v) is 4.68. The molecule has 2 N–H and O–H groups in total. The minimum atomic E-state index is 0.211. The van der Waals surface area contributed by atoms with E-state index in [0.717, 1.165) is 32.4 Å². The molecule has 5 atom stereocenters. The summed E-state index contributed by atoms with van der Waals surface area (Å²) in [5.74, 6) is 1.06. The zero-order chi connectivity index (χ0) is 15.0. The van der Waals surface area contributed by atoms with E-state index in [9.17, 15) is 4.79 Å². The molecule has 3 rings (SSSR count). The first-order valence-corrected chi connectivity index (χ1v) is 8.86. The lowest BCUT2D eigenvalue weighted by Crippen LogP contribution is -2.61. The minimum absolute atomic E-state index is 0.211. The largest absolute Gasteiger partial charge is 0.337 e. The number of fused-ring (bicyclic) bond motifs is 1. The Bertz CT molecular complexity index is 386. The van der Waals surface area contributed by atoms with E-state index >= 15 is 0 Å². The van der Waals surface area contributed by atoms with Gasteiger partial charge in [0.2, 0.25) is 5.91 Å². The van der Waals surface area contributed by atoms with E-state index in [1.54, 1.807) is 0 Å². The van der Waals surface area contributed by atoms with Gasteiger partial charge in [-0.15, -0.1) is 0 Å². The van der Waals surface area contributed by atoms with E-state index in [0.29, 0.717) is 30.0 Å². The van der Waals surface area contributed by atoms with Crippen LogP contribution in [0.2, 0.25) is 0 Å². The molecule has 1 amide bonds. The minimum Gasteiger partial charge on any atom is -0.337 e. The van der Waals surface area contributed by atoms with Crippen molar-refractivity contribution < 1.29 is 4.79 Å². The molecule has 0 aromatic rings. The zero-order valence-electron chi connectivity index (χ0n) is 13.6. The van der Waals surface area contributed by atoms with Crippen LogP contribution in [-0.2, 0) is 4.79 Å². The molecule has 3 aliphatic rings. The zero-order valence-corrected chi connectivity index (χ0v) is 13.6. The first-order valence-electron chi connectivity index (χ1n) is 8.86. The van der Waals surface area contributed by atoms with Crippen molar-refractivity contribution in [2.45, 2.75) is 70.5 Å². The van der Waals surface area contributed by atoms with Gasteiger partial charge in [-0.25, -0.2) is 0 Å². The van der Waals surface area contributed by atoms with Crippen molar-refractivity contribution in [1.82, 2.24) is 9.80 Å². The lowest BCUT2D eigenvalue weighted by molar-refractivity contribution is -0.145. The number of amides is 1. The summed E-state index contributed by atoms with van der Waals surface area (Å²) in [6.45, 7) is 7.68. The number of carbonyl (C=O) groups is 1. The number of nitrogens with two attached hydrogens (primary N) is 1. The van der Waals surface area contributed by atoms with Gasteiger partial charge in [0.25, 0.3) is 0 Å². The van der Waals surface area contributed by atoms with E-state index in [-0.39, 0.29) is 5.92 Å². The number of piperazine rings is 1. The number of carbonyl (C=O) groups excluding carboxylic acids is 1. The summed E-state index contributed by atoms with van der Waals surface area (Å²) in [5, 5.41) is 0. The highest BCUT2D eigenvalue weighted by atomic mass is 16.2. The van der Waals surface area contributed by atoms with E-state index in [1.807, 2.05) is 0 Å². The maximum Gasteiger partial charge on any atom is 0.226 e. The molecule has 2 heterocycles. The van der Waals surface area contributed by atoms with Crippen molar-refractivity contribution in [2.75, 3.05) is 19.6 Å². The predicted molar refractivity (Wildman–Crippen MR) is 84.9 cm³/mol. The number of piperidine rings is 1. The van der Waals surface area contributed by atoms with Crippen LogP contribution >= 0.6 is 0 Å².